The van der Waals surface area contributed by atoms with Crippen molar-refractivity contribution in [2.24, 2.45) is 0 Å². The van der Waals surface area contributed by atoms with Crippen molar-refractivity contribution in [2.75, 3.05) is 4.72 Å². The Morgan fingerprint density at radius 2 is 1.72 bits per heavy atom. The minimum Gasteiger partial charge on any atom is -0.289 e. The van der Waals surface area contributed by atoms with Crippen LogP contribution in [0.5, 0.6) is 0 Å². The molecule has 0 saturated carbocycles. The summed E-state index contributed by atoms with van der Waals surface area (Å²) in [7, 11) is 0. The molecular weight excluding hydrogens is 332 g/mol. The largest absolute Gasteiger partial charge is 0.289 e. The Morgan fingerprint density at radius 1 is 0.960 bits per heavy atom. The average Bonchev–Trinajstić information content (AvgIpc) is 2.63. The normalized spacial score (nSPS) is 13.2. The molecule has 0 fully saturated rings. The second-order valence-electron chi connectivity index (χ2n) is 5.93. The van der Waals surface area contributed by atoms with Crippen LogP contribution in [0.2, 0.25) is 0 Å². The van der Waals surface area contributed by atoms with E-state index in [0.717, 1.165) is 18.4 Å². The molecule has 1 aromatic heterocycles. The lowest BCUT2D eigenvalue weighted by Gasteiger charge is -2.18. The van der Waals surface area contributed by atoms with Gasteiger partial charge >= 0.3 is 0 Å². The number of nitrogens with zero attached hydrogens (tertiary/aromatic N) is 1. The van der Waals surface area contributed by atoms with Gasteiger partial charge in [0.1, 0.15) is 0 Å². The van der Waals surface area contributed by atoms with E-state index in [9.17, 15) is 4.21 Å². The van der Waals surface area contributed by atoms with Gasteiger partial charge in [-0.3, -0.25) is 14.3 Å². The first-order chi connectivity index (χ1) is 12.2. The SMILES string of the molecule is O=S(O)Nc1cccc(CC(Cc2cccnc2)c2ccccc2)c1. The molecule has 1 heterocycles. The smallest absolute Gasteiger partial charge is 0.259 e. The number of aromatic nitrogens is 1. The summed E-state index contributed by atoms with van der Waals surface area (Å²) in [6.07, 6.45) is 5.42. The molecule has 0 aliphatic carbocycles. The predicted octanol–water partition coefficient (Wildman–Crippen LogP) is 4.20. The summed E-state index contributed by atoms with van der Waals surface area (Å²) in [6, 6.07) is 22.1. The van der Waals surface area contributed by atoms with Crippen molar-refractivity contribution in [2.45, 2.75) is 18.8 Å². The van der Waals surface area contributed by atoms with Crippen molar-refractivity contribution in [3.8, 4) is 0 Å². The van der Waals surface area contributed by atoms with Gasteiger partial charge in [-0.05, 0) is 53.6 Å². The second kappa shape index (κ2) is 8.55. The molecule has 0 bridgehead atoms. The van der Waals surface area contributed by atoms with Crippen LogP contribution in [-0.2, 0) is 24.1 Å². The Morgan fingerprint density at radius 3 is 2.44 bits per heavy atom. The number of anilines is 1. The fraction of sp³-hybridized carbons (Fsp3) is 0.150. The van der Waals surface area contributed by atoms with Crippen LogP contribution in [0.3, 0.4) is 0 Å². The van der Waals surface area contributed by atoms with Gasteiger partial charge in [0.15, 0.2) is 0 Å². The molecule has 0 aliphatic rings. The molecule has 2 unspecified atom stereocenters. The van der Waals surface area contributed by atoms with Gasteiger partial charge in [-0.25, -0.2) is 4.21 Å². The lowest BCUT2D eigenvalue weighted by molar-refractivity contribution is 0.570. The Balaban J connectivity index is 1.84. The number of hydrogen-bond acceptors (Lipinski definition) is 2. The highest BCUT2D eigenvalue weighted by Gasteiger charge is 2.14. The Hall–Kier alpha value is -2.50. The molecule has 4 nitrogen and oxygen atoms in total. The van der Waals surface area contributed by atoms with E-state index in [2.05, 4.69) is 40.0 Å². The fourth-order valence-electron chi connectivity index (χ4n) is 2.98. The zero-order chi connectivity index (χ0) is 17.5. The molecule has 2 atom stereocenters. The first kappa shape index (κ1) is 17.3. The topological polar surface area (TPSA) is 62.2 Å². The van der Waals surface area contributed by atoms with Crippen LogP contribution in [0.15, 0.2) is 79.1 Å². The number of nitrogens with one attached hydrogen (secondary N) is 1. The highest BCUT2D eigenvalue weighted by molar-refractivity contribution is 7.80. The molecule has 0 aliphatic heterocycles. The van der Waals surface area contributed by atoms with Crippen LogP contribution in [0.25, 0.3) is 0 Å². The summed E-state index contributed by atoms with van der Waals surface area (Å²) in [5.41, 5.74) is 4.23. The van der Waals surface area contributed by atoms with Crippen LogP contribution in [0, 0.1) is 0 Å². The summed E-state index contributed by atoms with van der Waals surface area (Å²) in [4.78, 5) is 4.21. The lowest BCUT2D eigenvalue weighted by Crippen LogP contribution is -2.08. The molecule has 0 radical (unpaired) electrons. The van der Waals surface area contributed by atoms with Gasteiger partial charge in [0.05, 0.1) is 0 Å². The van der Waals surface area contributed by atoms with Crippen molar-refractivity contribution in [3.63, 3.8) is 0 Å². The van der Waals surface area contributed by atoms with Gasteiger partial charge in [-0.15, -0.1) is 0 Å². The third-order valence-corrected chi connectivity index (χ3v) is 4.50. The van der Waals surface area contributed by atoms with E-state index >= 15 is 0 Å². The molecule has 2 aromatic carbocycles. The van der Waals surface area contributed by atoms with Crippen molar-refractivity contribution in [1.82, 2.24) is 4.98 Å². The molecular formula is C20H20N2O2S. The van der Waals surface area contributed by atoms with Crippen molar-refractivity contribution < 1.29 is 8.76 Å². The molecule has 0 amide bonds. The van der Waals surface area contributed by atoms with Crippen molar-refractivity contribution in [3.05, 3.63) is 95.8 Å². The zero-order valence-electron chi connectivity index (χ0n) is 13.7. The van der Waals surface area contributed by atoms with Gasteiger partial charge in [0.2, 0.25) is 0 Å². The van der Waals surface area contributed by atoms with E-state index < -0.39 is 11.3 Å². The quantitative estimate of drug-likeness (QED) is 0.627. The maximum Gasteiger partial charge on any atom is 0.259 e. The summed E-state index contributed by atoms with van der Waals surface area (Å²) in [5, 5.41) is 0. The van der Waals surface area contributed by atoms with E-state index in [1.165, 1.54) is 11.1 Å². The third-order valence-electron chi connectivity index (χ3n) is 4.09. The number of benzene rings is 2. The summed E-state index contributed by atoms with van der Waals surface area (Å²) in [5.74, 6) is 0.306. The molecule has 128 valence electrons. The Bertz CT molecular complexity index is 825. The second-order valence-corrected chi connectivity index (χ2v) is 6.63. The molecule has 2 N–H and O–H groups in total. The zero-order valence-corrected chi connectivity index (χ0v) is 14.5. The first-order valence-electron chi connectivity index (χ1n) is 8.11. The van der Waals surface area contributed by atoms with E-state index in [4.69, 9.17) is 4.55 Å². The molecule has 25 heavy (non-hydrogen) atoms. The Kier molecular flexibility index (Phi) is 5.93. The van der Waals surface area contributed by atoms with Crippen LogP contribution in [0.4, 0.5) is 5.69 Å². The number of rotatable bonds is 7. The number of pyridine rings is 1. The standard InChI is InChI=1S/C20H20N2O2S/c23-25(24)22-20-10-4-6-16(14-20)12-19(18-8-2-1-3-9-18)13-17-7-5-11-21-15-17/h1-11,14-15,19,22H,12-13H2,(H,23,24). The van der Waals surface area contributed by atoms with E-state index in [1.54, 1.807) is 12.3 Å². The molecule has 3 rings (SSSR count). The molecule has 0 saturated heterocycles. The Labute approximate surface area is 150 Å². The minimum atomic E-state index is -2.06. The highest BCUT2D eigenvalue weighted by atomic mass is 32.2. The van der Waals surface area contributed by atoms with Crippen molar-refractivity contribution >= 4 is 17.0 Å². The van der Waals surface area contributed by atoms with Gasteiger partial charge in [0, 0.05) is 18.1 Å². The minimum absolute atomic E-state index is 0.306. The van der Waals surface area contributed by atoms with Crippen LogP contribution in [-0.4, -0.2) is 13.7 Å². The summed E-state index contributed by atoms with van der Waals surface area (Å²) in [6.45, 7) is 0. The first-order valence-corrected chi connectivity index (χ1v) is 9.21. The van der Waals surface area contributed by atoms with Crippen LogP contribution < -0.4 is 4.72 Å². The molecule has 0 spiro atoms. The van der Waals surface area contributed by atoms with Gasteiger partial charge in [-0.1, -0.05) is 48.5 Å². The molecule has 3 aromatic rings. The summed E-state index contributed by atoms with van der Waals surface area (Å²) >= 11 is -2.06. The lowest BCUT2D eigenvalue weighted by atomic mass is 9.87. The molecule has 5 heteroatoms. The van der Waals surface area contributed by atoms with E-state index in [-0.39, 0.29) is 0 Å². The highest BCUT2D eigenvalue weighted by Crippen LogP contribution is 2.26. The van der Waals surface area contributed by atoms with Crippen molar-refractivity contribution in [1.29, 1.82) is 0 Å². The monoisotopic (exact) mass is 352 g/mol. The van der Waals surface area contributed by atoms with Gasteiger partial charge in [0.25, 0.3) is 11.3 Å². The third kappa shape index (κ3) is 5.24. The summed E-state index contributed by atoms with van der Waals surface area (Å²) < 4.78 is 22.5. The van der Waals surface area contributed by atoms with Crippen LogP contribution in [0.1, 0.15) is 22.6 Å². The van der Waals surface area contributed by atoms with E-state index in [0.29, 0.717) is 11.6 Å². The maximum atomic E-state index is 11.0. The number of hydrogen-bond donors (Lipinski definition) is 2. The van der Waals surface area contributed by atoms with E-state index in [1.807, 2.05) is 36.5 Å². The predicted molar refractivity (Wildman–Crippen MR) is 102 cm³/mol. The van der Waals surface area contributed by atoms with Crippen LogP contribution >= 0.6 is 0 Å². The maximum absolute atomic E-state index is 11.0. The van der Waals surface area contributed by atoms with Gasteiger partial charge in [-0.2, -0.15) is 0 Å². The average molecular weight is 352 g/mol. The fourth-order valence-corrected chi connectivity index (χ4v) is 3.31. The van der Waals surface area contributed by atoms with Gasteiger partial charge < -0.3 is 0 Å².